The van der Waals surface area contributed by atoms with Gasteiger partial charge in [-0.3, -0.25) is 4.79 Å². The highest BCUT2D eigenvalue weighted by atomic mass is 16.5. The average Bonchev–Trinajstić information content (AvgIpc) is 2.59. The summed E-state index contributed by atoms with van der Waals surface area (Å²) in [6.45, 7) is 5.84. The number of hydrogen-bond acceptors (Lipinski definition) is 5. The maximum Gasteiger partial charge on any atom is 0.409 e. The van der Waals surface area contributed by atoms with Gasteiger partial charge in [-0.05, 0) is 18.8 Å². The summed E-state index contributed by atoms with van der Waals surface area (Å²) in [5.74, 6) is 0.453. The fraction of sp³-hybridized carbons (Fsp3) is 0.688. The lowest BCUT2D eigenvalue weighted by Gasteiger charge is -2.34. The van der Waals surface area contributed by atoms with Crippen LogP contribution in [0.2, 0.25) is 0 Å². The molecule has 2 rings (SSSR count). The summed E-state index contributed by atoms with van der Waals surface area (Å²) in [6.07, 6.45) is 3.27. The van der Waals surface area contributed by atoms with E-state index in [1.54, 1.807) is 16.0 Å². The van der Waals surface area contributed by atoms with Crippen LogP contribution in [0.15, 0.2) is 11.8 Å². The van der Waals surface area contributed by atoms with E-state index in [-0.39, 0.29) is 17.6 Å². The molecular weight excluding hydrogens is 296 g/mol. The Hall–Kier alpha value is -2.23. The second kappa shape index (κ2) is 7.86. The standard InChI is InChI=1S/C16H24N4O3/c1-13-3-5-19(6-4-13)15(21)14(11-17)12-18-7-9-20(10-8-18)16(22)23-2/h12-13H,3-10H2,1-2H3/b14-12-. The summed E-state index contributed by atoms with van der Waals surface area (Å²) in [5.41, 5.74) is 0.172. The van der Waals surface area contributed by atoms with Crippen LogP contribution in [0.5, 0.6) is 0 Å². The van der Waals surface area contributed by atoms with E-state index in [0.717, 1.165) is 25.9 Å². The Labute approximate surface area is 137 Å². The third-order valence-corrected chi connectivity index (χ3v) is 4.48. The topological polar surface area (TPSA) is 76.9 Å². The van der Waals surface area contributed by atoms with Gasteiger partial charge in [-0.15, -0.1) is 0 Å². The summed E-state index contributed by atoms with van der Waals surface area (Å²) in [6, 6.07) is 2.03. The molecular formula is C16H24N4O3. The van der Waals surface area contributed by atoms with E-state index in [0.29, 0.717) is 32.1 Å². The lowest BCUT2D eigenvalue weighted by Crippen LogP contribution is -2.47. The first-order valence-corrected chi connectivity index (χ1v) is 8.03. The minimum absolute atomic E-state index is 0.172. The van der Waals surface area contributed by atoms with Gasteiger partial charge >= 0.3 is 6.09 Å². The van der Waals surface area contributed by atoms with E-state index in [1.807, 2.05) is 11.0 Å². The van der Waals surface area contributed by atoms with Crippen molar-refractivity contribution in [2.24, 2.45) is 5.92 Å². The molecule has 2 amide bonds. The number of hydrogen-bond donors (Lipinski definition) is 0. The van der Waals surface area contributed by atoms with Gasteiger partial charge in [-0.25, -0.2) is 4.79 Å². The number of carbonyl (C=O) groups is 2. The van der Waals surface area contributed by atoms with Gasteiger partial charge in [-0.2, -0.15) is 5.26 Å². The number of carbonyl (C=O) groups excluding carboxylic acids is 2. The van der Waals surface area contributed by atoms with Gasteiger partial charge in [0.2, 0.25) is 0 Å². The number of amides is 2. The van der Waals surface area contributed by atoms with Crippen molar-refractivity contribution < 1.29 is 14.3 Å². The molecule has 7 heteroatoms. The van der Waals surface area contributed by atoms with E-state index in [2.05, 4.69) is 6.92 Å². The van der Waals surface area contributed by atoms with Crippen molar-refractivity contribution in [2.75, 3.05) is 46.4 Å². The van der Waals surface area contributed by atoms with Gasteiger partial charge in [0.1, 0.15) is 11.6 Å². The highest BCUT2D eigenvalue weighted by Crippen LogP contribution is 2.18. The summed E-state index contributed by atoms with van der Waals surface area (Å²) in [7, 11) is 1.36. The van der Waals surface area contributed by atoms with Crippen LogP contribution >= 0.6 is 0 Å². The molecule has 0 spiro atoms. The number of piperidine rings is 1. The van der Waals surface area contributed by atoms with Crippen molar-refractivity contribution in [1.82, 2.24) is 14.7 Å². The maximum absolute atomic E-state index is 12.5. The van der Waals surface area contributed by atoms with Crippen LogP contribution in [0, 0.1) is 17.2 Å². The molecule has 2 aliphatic rings. The fourth-order valence-corrected chi connectivity index (χ4v) is 2.86. The number of piperazine rings is 1. The first-order valence-electron chi connectivity index (χ1n) is 8.03. The zero-order valence-corrected chi connectivity index (χ0v) is 13.8. The summed E-state index contributed by atoms with van der Waals surface area (Å²) in [4.78, 5) is 29.2. The van der Waals surface area contributed by atoms with Crippen molar-refractivity contribution >= 4 is 12.0 Å². The largest absolute Gasteiger partial charge is 0.453 e. The number of rotatable bonds is 2. The van der Waals surface area contributed by atoms with Gasteiger partial charge < -0.3 is 19.4 Å². The molecule has 2 saturated heterocycles. The van der Waals surface area contributed by atoms with Crippen LogP contribution in [-0.2, 0) is 9.53 Å². The van der Waals surface area contributed by atoms with Crippen molar-refractivity contribution in [2.45, 2.75) is 19.8 Å². The van der Waals surface area contributed by atoms with E-state index in [9.17, 15) is 14.9 Å². The molecule has 2 aliphatic heterocycles. The molecule has 2 heterocycles. The minimum Gasteiger partial charge on any atom is -0.453 e. The van der Waals surface area contributed by atoms with E-state index in [1.165, 1.54) is 7.11 Å². The Kier molecular flexibility index (Phi) is 5.85. The first-order chi connectivity index (χ1) is 11.0. The second-order valence-corrected chi connectivity index (χ2v) is 6.12. The number of ether oxygens (including phenoxy) is 1. The van der Waals surface area contributed by atoms with Gasteiger partial charge in [0.25, 0.3) is 5.91 Å². The fourth-order valence-electron chi connectivity index (χ4n) is 2.86. The maximum atomic E-state index is 12.5. The number of likely N-dealkylation sites (tertiary alicyclic amines) is 1. The summed E-state index contributed by atoms with van der Waals surface area (Å²) < 4.78 is 4.69. The molecule has 0 saturated carbocycles. The smallest absolute Gasteiger partial charge is 0.409 e. The zero-order chi connectivity index (χ0) is 16.8. The average molecular weight is 320 g/mol. The van der Waals surface area contributed by atoms with Crippen molar-refractivity contribution in [3.63, 3.8) is 0 Å². The van der Waals surface area contributed by atoms with Crippen LogP contribution in [0.4, 0.5) is 4.79 Å². The predicted molar refractivity (Wildman–Crippen MR) is 84.2 cm³/mol. The highest BCUT2D eigenvalue weighted by molar-refractivity contribution is 5.97. The minimum atomic E-state index is -0.340. The van der Waals surface area contributed by atoms with Crippen LogP contribution in [0.3, 0.4) is 0 Å². The monoisotopic (exact) mass is 320 g/mol. The van der Waals surface area contributed by atoms with Gasteiger partial charge in [-0.1, -0.05) is 6.92 Å². The summed E-state index contributed by atoms with van der Waals surface area (Å²) in [5, 5.41) is 9.31. The normalized spacial score (nSPS) is 20.2. The molecule has 0 aromatic rings. The Morgan fingerprint density at radius 2 is 1.70 bits per heavy atom. The number of methoxy groups -OCH3 is 1. The van der Waals surface area contributed by atoms with Gasteiger partial charge in [0.05, 0.1) is 7.11 Å². The molecule has 0 aromatic carbocycles. The number of nitriles is 1. The Balaban J connectivity index is 1.93. The summed E-state index contributed by atoms with van der Waals surface area (Å²) >= 11 is 0. The molecule has 23 heavy (non-hydrogen) atoms. The van der Waals surface area contributed by atoms with Crippen LogP contribution < -0.4 is 0 Å². The quantitative estimate of drug-likeness (QED) is 0.561. The lowest BCUT2D eigenvalue weighted by atomic mass is 9.99. The van der Waals surface area contributed by atoms with Gasteiger partial charge in [0.15, 0.2) is 0 Å². The number of nitrogens with zero attached hydrogens (tertiary/aromatic N) is 4. The molecule has 0 aliphatic carbocycles. The van der Waals surface area contributed by atoms with E-state index < -0.39 is 0 Å². The second-order valence-electron chi connectivity index (χ2n) is 6.12. The highest BCUT2D eigenvalue weighted by Gasteiger charge is 2.25. The van der Waals surface area contributed by atoms with Crippen molar-refractivity contribution in [3.8, 4) is 6.07 Å². The lowest BCUT2D eigenvalue weighted by molar-refractivity contribution is -0.128. The molecule has 2 fully saturated rings. The first kappa shape index (κ1) is 17.1. The molecule has 0 aromatic heterocycles. The third-order valence-electron chi connectivity index (χ3n) is 4.48. The predicted octanol–water partition coefficient (Wildman–Crippen LogP) is 1.04. The van der Waals surface area contributed by atoms with Crippen molar-refractivity contribution in [3.05, 3.63) is 11.8 Å². The van der Waals surface area contributed by atoms with E-state index >= 15 is 0 Å². The molecule has 0 radical (unpaired) electrons. The molecule has 0 bridgehead atoms. The molecule has 7 nitrogen and oxygen atoms in total. The van der Waals surface area contributed by atoms with Crippen LogP contribution in [0.25, 0.3) is 0 Å². The molecule has 0 N–H and O–H groups in total. The Morgan fingerprint density at radius 3 is 2.22 bits per heavy atom. The Morgan fingerprint density at radius 1 is 1.09 bits per heavy atom. The van der Waals surface area contributed by atoms with Crippen molar-refractivity contribution in [1.29, 1.82) is 5.26 Å². The Bertz CT molecular complexity index is 510. The zero-order valence-electron chi connectivity index (χ0n) is 13.8. The SMILES string of the molecule is COC(=O)N1CCN(/C=C(/C#N)C(=O)N2CCC(C)CC2)CC1. The van der Waals surface area contributed by atoms with Crippen LogP contribution in [-0.4, -0.2) is 73.1 Å². The van der Waals surface area contributed by atoms with Crippen LogP contribution in [0.1, 0.15) is 19.8 Å². The van der Waals surface area contributed by atoms with E-state index in [4.69, 9.17) is 4.74 Å². The molecule has 126 valence electrons. The van der Waals surface area contributed by atoms with Gasteiger partial charge in [0, 0.05) is 45.5 Å². The third kappa shape index (κ3) is 4.38. The molecule has 0 atom stereocenters. The molecule has 0 unspecified atom stereocenters.